The molecule has 198 valence electrons. The van der Waals surface area contributed by atoms with E-state index in [0.717, 1.165) is 37.7 Å². The number of hydrogen-bond donors (Lipinski definition) is 1. The number of carbonyl (C=O) groups is 2. The molecule has 2 aliphatic carbocycles. The van der Waals surface area contributed by atoms with Crippen molar-refractivity contribution >= 4 is 23.4 Å². The van der Waals surface area contributed by atoms with Gasteiger partial charge in [-0.2, -0.15) is 0 Å². The van der Waals surface area contributed by atoms with Crippen molar-refractivity contribution in [2.75, 3.05) is 26.2 Å². The standard InChI is InChI=1S/C30H43ClN2O3/c1-22(17-23-7-3-2-4-8-23)28(35)32-16-15-30(36,29(20-32)13-5-6-14-29)21-33-19-25(18-27(33)34)24-9-11-26(31)12-10-24/h9-12,22-23,25,36H,2-8,13-21H2,1H3/t22-,25+,30-/m1/s1. The molecular weight excluding hydrogens is 472 g/mol. The lowest BCUT2D eigenvalue weighted by Gasteiger charge is -2.53. The summed E-state index contributed by atoms with van der Waals surface area (Å²) >= 11 is 6.06. The van der Waals surface area contributed by atoms with Crippen molar-refractivity contribution in [3.8, 4) is 0 Å². The van der Waals surface area contributed by atoms with E-state index in [1.807, 2.05) is 29.2 Å². The molecule has 5 rings (SSSR count). The molecule has 0 bridgehead atoms. The first kappa shape index (κ1) is 26.0. The summed E-state index contributed by atoms with van der Waals surface area (Å²) in [7, 11) is 0. The molecule has 6 heteroatoms. The Balaban J connectivity index is 1.25. The Labute approximate surface area is 221 Å². The fourth-order valence-corrected chi connectivity index (χ4v) is 7.95. The van der Waals surface area contributed by atoms with E-state index in [-0.39, 0.29) is 29.1 Å². The van der Waals surface area contributed by atoms with Crippen molar-refractivity contribution in [1.29, 1.82) is 0 Å². The van der Waals surface area contributed by atoms with Crippen molar-refractivity contribution < 1.29 is 14.7 Å². The average Bonchev–Trinajstić information content (AvgIpc) is 3.49. The van der Waals surface area contributed by atoms with Gasteiger partial charge in [0.15, 0.2) is 0 Å². The number of carbonyl (C=O) groups excluding carboxylic acids is 2. The third-order valence-electron chi connectivity index (χ3n) is 9.99. The zero-order valence-electron chi connectivity index (χ0n) is 21.9. The number of amides is 2. The molecule has 5 nitrogen and oxygen atoms in total. The van der Waals surface area contributed by atoms with Crippen molar-refractivity contribution in [2.24, 2.45) is 17.3 Å². The van der Waals surface area contributed by atoms with Gasteiger partial charge in [-0.25, -0.2) is 0 Å². The number of halogens is 1. The van der Waals surface area contributed by atoms with Gasteiger partial charge in [-0.3, -0.25) is 9.59 Å². The first-order valence-corrected chi connectivity index (χ1v) is 14.7. The molecule has 1 N–H and O–H groups in total. The molecule has 0 unspecified atom stereocenters. The first-order valence-electron chi connectivity index (χ1n) is 14.3. The van der Waals surface area contributed by atoms with Crippen molar-refractivity contribution in [3.63, 3.8) is 0 Å². The molecule has 1 spiro atoms. The topological polar surface area (TPSA) is 60.9 Å². The number of β-amino-alcohol motifs (C(OH)–C–C–N with tert-alkyl or cyclic N) is 1. The lowest BCUT2D eigenvalue weighted by molar-refractivity contribution is -0.167. The minimum absolute atomic E-state index is 0.0537. The second kappa shape index (κ2) is 10.6. The summed E-state index contributed by atoms with van der Waals surface area (Å²) in [6, 6.07) is 7.78. The maximum absolute atomic E-state index is 13.5. The zero-order valence-corrected chi connectivity index (χ0v) is 22.6. The highest BCUT2D eigenvalue weighted by atomic mass is 35.5. The molecule has 4 fully saturated rings. The summed E-state index contributed by atoms with van der Waals surface area (Å²) < 4.78 is 0. The Morgan fingerprint density at radius 1 is 1.08 bits per heavy atom. The number of piperidine rings is 1. The Morgan fingerprint density at radius 3 is 2.47 bits per heavy atom. The number of hydrogen-bond acceptors (Lipinski definition) is 3. The van der Waals surface area contributed by atoms with Crippen LogP contribution in [-0.4, -0.2) is 58.5 Å². The Bertz CT molecular complexity index is 938. The molecule has 1 aromatic carbocycles. The molecule has 1 aromatic rings. The highest BCUT2D eigenvalue weighted by molar-refractivity contribution is 6.30. The number of benzene rings is 1. The van der Waals surface area contributed by atoms with Gasteiger partial charge in [0.2, 0.25) is 11.8 Å². The van der Waals surface area contributed by atoms with Crippen LogP contribution in [0.2, 0.25) is 5.02 Å². The molecular formula is C30H43ClN2O3. The van der Waals surface area contributed by atoms with Crippen LogP contribution in [0.4, 0.5) is 0 Å². The molecule has 36 heavy (non-hydrogen) atoms. The number of likely N-dealkylation sites (tertiary alicyclic amines) is 2. The largest absolute Gasteiger partial charge is 0.387 e. The van der Waals surface area contributed by atoms with E-state index < -0.39 is 5.60 Å². The lowest BCUT2D eigenvalue weighted by Crippen LogP contribution is -2.64. The van der Waals surface area contributed by atoms with Crippen LogP contribution >= 0.6 is 11.6 Å². The molecule has 2 saturated carbocycles. The highest BCUT2D eigenvalue weighted by Crippen LogP contribution is 2.52. The van der Waals surface area contributed by atoms with E-state index in [4.69, 9.17) is 11.6 Å². The SMILES string of the molecule is C[C@H](CC1CCCCC1)C(=O)N1CC[C@@](O)(CN2C[C@@H](c3ccc(Cl)cc3)CC2=O)C2(CCCC2)C1. The molecule has 0 aromatic heterocycles. The zero-order chi connectivity index (χ0) is 25.3. The van der Waals surface area contributed by atoms with Gasteiger partial charge in [-0.1, -0.05) is 75.6 Å². The van der Waals surface area contributed by atoms with E-state index in [2.05, 4.69) is 11.8 Å². The van der Waals surface area contributed by atoms with Crippen LogP contribution in [0.15, 0.2) is 24.3 Å². The van der Waals surface area contributed by atoms with Crippen LogP contribution in [0.1, 0.15) is 95.5 Å². The quantitative estimate of drug-likeness (QED) is 0.523. The summed E-state index contributed by atoms with van der Waals surface area (Å²) in [6.45, 7) is 4.36. The van der Waals surface area contributed by atoms with Crippen LogP contribution in [0.3, 0.4) is 0 Å². The summed E-state index contributed by atoms with van der Waals surface area (Å²) in [6.07, 6.45) is 12.6. The van der Waals surface area contributed by atoms with Crippen LogP contribution in [0.25, 0.3) is 0 Å². The third kappa shape index (κ3) is 5.20. The first-order chi connectivity index (χ1) is 17.3. The Kier molecular flexibility index (Phi) is 7.70. The van der Waals surface area contributed by atoms with E-state index >= 15 is 0 Å². The fraction of sp³-hybridized carbons (Fsp3) is 0.733. The van der Waals surface area contributed by atoms with Crippen molar-refractivity contribution in [3.05, 3.63) is 34.9 Å². The maximum Gasteiger partial charge on any atom is 0.225 e. The van der Waals surface area contributed by atoms with Gasteiger partial charge >= 0.3 is 0 Å². The summed E-state index contributed by atoms with van der Waals surface area (Å²) in [5, 5.41) is 12.8. The van der Waals surface area contributed by atoms with Gasteiger partial charge in [0.05, 0.1) is 12.1 Å². The normalized spacial score (nSPS) is 29.8. The fourth-order valence-electron chi connectivity index (χ4n) is 7.82. The lowest BCUT2D eigenvalue weighted by atomic mass is 9.65. The predicted octanol–water partition coefficient (Wildman–Crippen LogP) is 5.79. The predicted molar refractivity (Wildman–Crippen MR) is 143 cm³/mol. The number of aliphatic hydroxyl groups is 1. The van der Waals surface area contributed by atoms with Gasteiger partial charge in [0, 0.05) is 48.3 Å². The average molecular weight is 515 g/mol. The molecule has 3 atom stereocenters. The summed E-state index contributed by atoms with van der Waals surface area (Å²) in [5.41, 5.74) is -0.105. The molecule has 2 amide bonds. The van der Waals surface area contributed by atoms with Crippen LogP contribution < -0.4 is 0 Å². The van der Waals surface area contributed by atoms with E-state index in [1.54, 1.807) is 0 Å². The van der Waals surface area contributed by atoms with Crippen LogP contribution in [0.5, 0.6) is 0 Å². The second-order valence-electron chi connectivity index (χ2n) is 12.4. The van der Waals surface area contributed by atoms with Gasteiger partial charge in [0.25, 0.3) is 0 Å². The Hall–Kier alpha value is -1.59. The Morgan fingerprint density at radius 2 is 1.78 bits per heavy atom. The monoisotopic (exact) mass is 514 g/mol. The smallest absolute Gasteiger partial charge is 0.225 e. The molecule has 2 heterocycles. The second-order valence-corrected chi connectivity index (χ2v) is 12.8. The third-order valence-corrected chi connectivity index (χ3v) is 10.2. The van der Waals surface area contributed by atoms with Gasteiger partial charge in [0.1, 0.15) is 0 Å². The number of nitrogens with zero attached hydrogens (tertiary/aromatic N) is 2. The van der Waals surface area contributed by atoms with Gasteiger partial charge in [-0.15, -0.1) is 0 Å². The summed E-state index contributed by atoms with van der Waals surface area (Å²) in [5.74, 6) is 1.28. The van der Waals surface area contributed by atoms with Crippen LogP contribution in [0, 0.1) is 17.3 Å². The van der Waals surface area contributed by atoms with Gasteiger partial charge < -0.3 is 14.9 Å². The van der Waals surface area contributed by atoms with Crippen molar-refractivity contribution in [1.82, 2.24) is 9.80 Å². The molecule has 0 radical (unpaired) electrons. The molecule has 2 saturated heterocycles. The van der Waals surface area contributed by atoms with E-state index in [1.165, 1.54) is 32.1 Å². The number of rotatable bonds is 6. The van der Waals surface area contributed by atoms with Crippen molar-refractivity contribution in [2.45, 2.75) is 95.5 Å². The maximum atomic E-state index is 13.5. The van der Waals surface area contributed by atoms with E-state index in [0.29, 0.717) is 50.0 Å². The minimum atomic E-state index is -0.933. The van der Waals surface area contributed by atoms with Crippen LogP contribution in [-0.2, 0) is 9.59 Å². The van der Waals surface area contributed by atoms with Gasteiger partial charge in [-0.05, 0) is 49.3 Å². The highest BCUT2D eigenvalue weighted by Gasteiger charge is 2.57. The molecule has 2 aliphatic heterocycles. The van der Waals surface area contributed by atoms with E-state index in [9.17, 15) is 14.7 Å². The summed E-state index contributed by atoms with van der Waals surface area (Å²) in [4.78, 5) is 30.5. The minimum Gasteiger partial charge on any atom is -0.387 e. The molecule has 4 aliphatic rings.